The van der Waals surface area contributed by atoms with Crippen LogP contribution < -0.4 is 10.2 Å². The number of benzene rings is 1. The maximum atomic E-state index is 6.48. The standard InChI is InChI=1S/C17H27ClN2O/c1-5-19-13(3)15-7-6-14(10-16(15)18)20-9-8-12(2)17(11-20)21-4/h6-7,10,12-13,17,19H,5,8-9,11H2,1-4H3. The molecule has 1 saturated heterocycles. The van der Waals surface area contributed by atoms with Gasteiger partial charge in [-0.15, -0.1) is 0 Å². The number of rotatable bonds is 5. The molecule has 4 heteroatoms. The summed E-state index contributed by atoms with van der Waals surface area (Å²) in [7, 11) is 1.80. The molecule has 1 aromatic carbocycles. The van der Waals surface area contributed by atoms with Crippen molar-refractivity contribution in [3.8, 4) is 0 Å². The quantitative estimate of drug-likeness (QED) is 0.893. The topological polar surface area (TPSA) is 24.5 Å². The molecule has 1 N–H and O–H groups in total. The first kappa shape index (κ1) is 16.6. The third-order valence-electron chi connectivity index (χ3n) is 4.52. The fourth-order valence-corrected chi connectivity index (χ4v) is 3.39. The lowest BCUT2D eigenvalue weighted by Gasteiger charge is -2.37. The van der Waals surface area contributed by atoms with Crippen LogP contribution in [-0.4, -0.2) is 32.8 Å². The number of anilines is 1. The van der Waals surface area contributed by atoms with Crippen molar-refractivity contribution in [1.82, 2.24) is 5.32 Å². The van der Waals surface area contributed by atoms with Gasteiger partial charge in [0.15, 0.2) is 0 Å². The molecule has 21 heavy (non-hydrogen) atoms. The summed E-state index contributed by atoms with van der Waals surface area (Å²) >= 11 is 6.48. The average Bonchev–Trinajstić information content (AvgIpc) is 2.47. The van der Waals surface area contributed by atoms with E-state index in [1.54, 1.807) is 7.11 Å². The fourth-order valence-electron chi connectivity index (χ4n) is 3.06. The van der Waals surface area contributed by atoms with Crippen LogP contribution in [0.4, 0.5) is 5.69 Å². The lowest BCUT2D eigenvalue weighted by atomic mass is 9.95. The maximum absolute atomic E-state index is 6.48. The Bertz CT molecular complexity index is 466. The maximum Gasteiger partial charge on any atom is 0.0772 e. The molecule has 0 spiro atoms. The van der Waals surface area contributed by atoms with E-state index in [0.29, 0.717) is 12.0 Å². The SMILES string of the molecule is CCNC(C)c1ccc(N2CCC(C)C(OC)C2)cc1Cl. The summed E-state index contributed by atoms with van der Waals surface area (Å²) in [4.78, 5) is 2.38. The number of nitrogens with zero attached hydrogens (tertiary/aromatic N) is 1. The monoisotopic (exact) mass is 310 g/mol. The van der Waals surface area contributed by atoms with Crippen molar-refractivity contribution >= 4 is 17.3 Å². The van der Waals surface area contributed by atoms with Crippen LogP contribution in [0.1, 0.15) is 38.8 Å². The van der Waals surface area contributed by atoms with E-state index < -0.39 is 0 Å². The average molecular weight is 311 g/mol. The first-order valence-corrected chi connectivity index (χ1v) is 8.25. The number of ether oxygens (including phenoxy) is 1. The van der Waals surface area contributed by atoms with Gasteiger partial charge in [0.1, 0.15) is 0 Å². The molecule has 3 unspecified atom stereocenters. The van der Waals surface area contributed by atoms with Gasteiger partial charge in [-0.2, -0.15) is 0 Å². The van der Waals surface area contributed by atoms with Crippen molar-refractivity contribution in [1.29, 1.82) is 0 Å². The van der Waals surface area contributed by atoms with Gasteiger partial charge < -0.3 is 15.0 Å². The Kier molecular flexibility index (Phi) is 5.91. The van der Waals surface area contributed by atoms with Crippen LogP contribution in [0.2, 0.25) is 5.02 Å². The van der Waals surface area contributed by atoms with Crippen LogP contribution in [0.5, 0.6) is 0 Å². The van der Waals surface area contributed by atoms with Crippen molar-refractivity contribution < 1.29 is 4.74 Å². The molecule has 3 nitrogen and oxygen atoms in total. The van der Waals surface area contributed by atoms with Gasteiger partial charge >= 0.3 is 0 Å². The third-order valence-corrected chi connectivity index (χ3v) is 4.85. The van der Waals surface area contributed by atoms with Gasteiger partial charge in [0.05, 0.1) is 6.10 Å². The molecule has 1 aliphatic heterocycles. The highest BCUT2D eigenvalue weighted by Crippen LogP contribution is 2.30. The Morgan fingerprint density at radius 2 is 2.24 bits per heavy atom. The molecule has 2 rings (SSSR count). The molecule has 1 heterocycles. The second-order valence-corrected chi connectivity index (χ2v) is 6.38. The zero-order valence-electron chi connectivity index (χ0n) is 13.5. The van der Waals surface area contributed by atoms with E-state index >= 15 is 0 Å². The van der Waals surface area contributed by atoms with E-state index in [-0.39, 0.29) is 6.04 Å². The van der Waals surface area contributed by atoms with Gasteiger partial charge in [-0.25, -0.2) is 0 Å². The molecule has 3 atom stereocenters. The van der Waals surface area contributed by atoms with Gasteiger partial charge in [0.2, 0.25) is 0 Å². The van der Waals surface area contributed by atoms with Crippen molar-refractivity contribution in [2.24, 2.45) is 5.92 Å². The summed E-state index contributed by atoms with van der Waals surface area (Å²) in [6, 6.07) is 6.69. The highest BCUT2D eigenvalue weighted by molar-refractivity contribution is 6.31. The number of methoxy groups -OCH3 is 1. The summed E-state index contributed by atoms with van der Waals surface area (Å²) in [6.07, 6.45) is 1.46. The van der Waals surface area contributed by atoms with Crippen LogP contribution in [-0.2, 0) is 4.74 Å². The highest BCUT2D eigenvalue weighted by atomic mass is 35.5. The number of halogens is 1. The lowest BCUT2D eigenvalue weighted by molar-refractivity contribution is 0.0498. The van der Waals surface area contributed by atoms with E-state index in [1.807, 2.05) is 0 Å². The number of piperidine rings is 1. The van der Waals surface area contributed by atoms with Crippen molar-refractivity contribution in [3.05, 3.63) is 28.8 Å². The first-order valence-electron chi connectivity index (χ1n) is 7.87. The van der Waals surface area contributed by atoms with Gasteiger partial charge in [0, 0.05) is 37.0 Å². The molecule has 0 amide bonds. The molecule has 0 bridgehead atoms. The van der Waals surface area contributed by atoms with Crippen LogP contribution in [0.15, 0.2) is 18.2 Å². The Morgan fingerprint density at radius 3 is 2.86 bits per heavy atom. The van der Waals surface area contributed by atoms with Crippen molar-refractivity contribution in [2.75, 3.05) is 31.6 Å². The Balaban J connectivity index is 2.13. The molecule has 1 aliphatic rings. The normalized spacial score (nSPS) is 24.1. The Morgan fingerprint density at radius 1 is 1.48 bits per heavy atom. The molecule has 1 aromatic rings. The summed E-state index contributed by atoms with van der Waals surface area (Å²) in [5.74, 6) is 0.620. The van der Waals surface area contributed by atoms with Crippen molar-refractivity contribution in [3.63, 3.8) is 0 Å². The lowest BCUT2D eigenvalue weighted by Crippen LogP contribution is -2.43. The van der Waals surface area contributed by atoms with Gasteiger partial charge in [0.25, 0.3) is 0 Å². The van der Waals surface area contributed by atoms with Gasteiger partial charge in [-0.1, -0.05) is 31.5 Å². The first-order chi connectivity index (χ1) is 10.1. The number of hydrogen-bond donors (Lipinski definition) is 1. The minimum atomic E-state index is 0.282. The summed E-state index contributed by atoms with van der Waals surface area (Å²) < 4.78 is 5.59. The molecule has 0 aromatic heterocycles. The predicted molar refractivity (Wildman–Crippen MR) is 90.3 cm³/mol. The van der Waals surface area contributed by atoms with Crippen LogP contribution in [0.3, 0.4) is 0 Å². The highest BCUT2D eigenvalue weighted by Gasteiger charge is 2.26. The summed E-state index contributed by atoms with van der Waals surface area (Å²) in [6.45, 7) is 9.47. The van der Waals surface area contributed by atoms with E-state index in [1.165, 1.54) is 5.69 Å². The van der Waals surface area contributed by atoms with E-state index in [9.17, 15) is 0 Å². The molecular formula is C17H27ClN2O. The van der Waals surface area contributed by atoms with E-state index in [4.69, 9.17) is 16.3 Å². The van der Waals surface area contributed by atoms with Crippen LogP contribution in [0.25, 0.3) is 0 Å². The second kappa shape index (κ2) is 7.48. The molecule has 0 saturated carbocycles. The molecular weight excluding hydrogens is 284 g/mol. The molecule has 1 fully saturated rings. The second-order valence-electron chi connectivity index (χ2n) is 5.97. The minimum Gasteiger partial charge on any atom is -0.379 e. The van der Waals surface area contributed by atoms with Gasteiger partial charge in [-0.3, -0.25) is 0 Å². The smallest absolute Gasteiger partial charge is 0.0772 e. The molecule has 0 radical (unpaired) electrons. The number of hydrogen-bond acceptors (Lipinski definition) is 3. The van der Waals surface area contributed by atoms with Crippen LogP contribution in [0, 0.1) is 5.92 Å². The van der Waals surface area contributed by atoms with E-state index in [0.717, 1.165) is 36.6 Å². The summed E-state index contributed by atoms with van der Waals surface area (Å²) in [5, 5.41) is 4.25. The van der Waals surface area contributed by atoms with Crippen molar-refractivity contribution in [2.45, 2.75) is 39.3 Å². The van der Waals surface area contributed by atoms with Gasteiger partial charge in [-0.05, 0) is 43.5 Å². The largest absolute Gasteiger partial charge is 0.379 e. The zero-order chi connectivity index (χ0) is 15.4. The van der Waals surface area contributed by atoms with E-state index in [2.05, 4.69) is 49.2 Å². The number of nitrogens with one attached hydrogen (secondary N) is 1. The fraction of sp³-hybridized carbons (Fsp3) is 0.647. The predicted octanol–water partition coefficient (Wildman–Crippen LogP) is 3.87. The Hall–Kier alpha value is -0.770. The molecule has 0 aliphatic carbocycles. The van der Waals surface area contributed by atoms with Crippen LogP contribution >= 0.6 is 11.6 Å². The zero-order valence-corrected chi connectivity index (χ0v) is 14.3. The summed E-state index contributed by atoms with van der Waals surface area (Å²) in [5.41, 5.74) is 2.36. The minimum absolute atomic E-state index is 0.282. The molecule has 118 valence electrons. The Labute approximate surface area is 133 Å². The third kappa shape index (κ3) is 3.91.